The van der Waals surface area contributed by atoms with Gasteiger partial charge in [0, 0.05) is 43.1 Å². The van der Waals surface area contributed by atoms with Gasteiger partial charge in [-0.3, -0.25) is 4.68 Å². The Morgan fingerprint density at radius 2 is 1.89 bits per heavy atom. The van der Waals surface area contributed by atoms with Crippen LogP contribution in [0.3, 0.4) is 0 Å². The van der Waals surface area contributed by atoms with Gasteiger partial charge < -0.3 is 0 Å². The van der Waals surface area contributed by atoms with Gasteiger partial charge in [0.2, 0.25) is 0 Å². The lowest BCUT2D eigenvalue weighted by Crippen LogP contribution is -2.37. The van der Waals surface area contributed by atoms with Gasteiger partial charge in [0.15, 0.2) is 0 Å². The first kappa shape index (κ1) is 20.5. The maximum absolute atomic E-state index is 13.9. The lowest BCUT2D eigenvalue weighted by molar-refractivity contribution is 0.445. The van der Waals surface area contributed by atoms with Crippen molar-refractivity contribution in [1.29, 1.82) is 0 Å². The second-order valence-corrected chi connectivity index (χ2v) is 8.52. The summed E-state index contributed by atoms with van der Waals surface area (Å²) in [5.74, 6) is -0.542. The van der Waals surface area contributed by atoms with Gasteiger partial charge in [-0.1, -0.05) is 41.9 Å². The summed E-state index contributed by atoms with van der Waals surface area (Å²) in [5.41, 5.74) is 1.92. The lowest BCUT2D eigenvalue weighted by atomic mass is 10.1. The van der Waals surface area contributed by atoms with Gasteiger partial charge in [-0.25, -0.2) is 4.39 Å². The number of aromatic nitrogens is 2. The molecule has 0 radical (unpaired) electrons. The number of benzene rings is 2. The summed E-state index contributed by atoms with van der Waals surface area (Å²) in [7, 11) is -2.46. The molecule has 0 fully saturated rings. The summed E-state index contributed by atoms with van der Waals surface area (Å²) < 4.78 is 44.5. The minimum absolute atomic E-state index is 0.106. The molecule has 9 heteroatoms. The third kappa shape index (κ3) is 4.96. The second kappa shape index (κ2) is 8.83. The van der Waals surface area contributed by atoms with E-state index < -0.39 is 16.0 Å². The van der Waals surface area contributed by atoms with Gasteiger partial charge in [0.1, 0.15) is 5.82 Å². The Morgan fingerprint density at radius 3 is 2.57 bits per heavy atom. The standard InChI is InChI=1S/C19H20ClFN4O2S/c1-24(14-17-18(20)8-4-9-19(17)21)28(26,27)23-12-15-6-2-3-7-16(15)13-25-11-5-10-22-25/h2-11,23H,12-14H2,1H3. The molecule has 0 amide bonds. The minimum Gasteiger partial charge on any atom is -0.268 e. The van der Waals surface area contributed by atoms with Gasteiger partial charge in [0.05, 0.1) is 6.54 Å². The van der Waals surface area contributed by atoms with Crippen molar-refractivity contribution >= 4 is 21.8 Å². The number of nitrogens with one attached hydrogen (secondary N) is 1. The summed E-state index contributed by atoms with van der Waals surface area (Å²) in [6.07, 6.45) is 3.53. The molecule has 0 atom stereocenters. The van der Waals surface area contributed by atoms with Crippen molar-refractivity contribution < 1.29 is 12.8 Å². The fourth-order valence-electron chi connectivity index (χ4n) is 2.72. The molecule has 0 saturated carbocycles. The maximum Gasteiger partial charge on any atom is 0.279 e. The van der Waals surface area contributed by atoms with Crippen LogP contribution in [0.15, 0.2) is 60.9 Å². The van der Waals surface area contributed by atoms with Crippen molar-refractivity contribution in [2.45, 2.75) is 19.6 Å². The van der Waals surface area contributed by atoms with Crippen LogP contribution in [0.1, 0.15) is 16.7 Å². The monoisotopic (exact) mass is 422 g/mol. The van der Waals surface area contributed by atoms with Crippen LogP contribution in [-0.2, 0) is 29.8 Å². The summed E-state index contributed by atoms with van der Waals surface area (Å²) in [6.45, 7) is 0.469. The summed E-state index contributed by atoms with van der Waals surface area (Å²) >= 11 is 5.99. The lowest BCUT2D eigenvalue weighted by Gasteiger charge is -2.19. The van der Waals surface area contributed by atoms with Crippen LogP contribution in [0.5, 0.6) is 0 Å². The molecule has 3 aromatic rings. The molecule has 28 heavy (non-hydrogen) atoms. The molecule has 148 valence electrons. The first-order chi connectivity index (χ1) is 13.4. The number of halogens is 2. The van der Waals surface area contributed by atoms with Gasteiger partial charge >= 0.3 is 0 Å². The highest BCUT2D eigenvalue weighted by Gasteiger charge is 2.20. The van der Waals surface area contributed by atoms with Crippen LogP contribution in [-0.4, -0.2) is 29.6 Å². The maximum atomic E-state index is 13.9. The number of hydrogen-bond donors (Lipinski definition) is 1. The molecule has 6 nitrogen and oxygen atoms in total. The average Bonchev–Trinajstić information content (AvgIpc) is 3.17. The number of hydrogen-bond acceptors (Lipinski definition) is 3. The first-order valence-corrected chi connectivity index (χ1v) is 10.4. The van der Waals surface area contributed by atoms with Crippen molar-refractivity contribution in [1.82, 2.24) is 18.8 Å². The molecule has 0 aliphatic heterocycles. The van der Waals surface area contributed by atoms with Crippen LogP contribution in [0.2, 0.25) is 5.02 Å². The molecular formula is C19H20ClFN4O2S. The zero-order valence-electron chi connectivity index (χ0n) is 15.2. The molecule has 2 aromatic carbocycles. The smallest absolute Gasteiger partial charge is 0.268 e. The van der Waals surface area contributed by atoms with Gasteiger partial charge in [-0.05, 0) is 29.3 Å². The quantitative estimate of drug-likeness (QED) is 0.606. The predicted molar refractivity (Wildman–Crippen MR) is 106 cm³/mol. The molecule has 0 bridgehead atoms. The molecule has 0 spiro atoms. The minimum atomic E-state index is -3.83. The third-order valence-electron chi connectivity index (χ3n) is 4.31. The molecule has 0 aliphatic rings. The van der Waals surface area contributed by atoms with Crippen molar-refractivity contribution in [3.05, 3.63) is 88.5 Å². The van der Waals surface area contributed by atoms with E-state index in [4.69, 9.17) is 11.6 Å². The van der Waals surface area contributed by atoms with Crippen molar-refractivity contribution in [2.75, 3.05) is 7.05 Å². The fraction of sp³-hybridized carbons (Fsp3) is 0.211. The first-order valence-electron chi connectivity index (χ1n) is 8.55. The largest absolute Gasteiger partial charge is 0.279 e. The number of rotatable bonds is 8. The van der Waals surface area contributed by atoms with Crippen LogP contribution in [0.25, 0.3) is 0 Å². The van der Waals surface area contributed by atoms with Crippen LogP contribution < -0.4 is 4.72 Å². The van der Waals surface area contributed by atoms with E-state index in [0.717, 1.165) is 15.4 Å². The Kier molecular flexibility index (Phi) is 6.46. The van der Waals surface area contributed by atoms with Gasteiger partial charge in [-0.2, -0.15) is 22.5 Å². The van der Waals surface area contributed by atoms with E-state index in [0.29, 0.717) is 6.54 Å². The SMILES string of the molecule is CN(Cc1c(F)cccc1Cl)S(=O)(=O)NCc1ccccc1Cn1cccn1. The highest BCUT2D eigenvalue weighted by molar-refractivity contribution is 7.87. The van der Waals surface area contributed by atoms with E-state index in [1.165, 1.54) is 25.2 Å². The Labute approximate surface area is 168 Å². The highest BCUT2D eigenvalue weighted by atomic mass is 35.5. The van der Waals surface area contributed by atoms with Crippen molar-refractivity contribution in [2.24, 2.45) is 0 Å². The Bertz CT molecular complexity index is 1020. The molecular weight excluding hydrogens is 403 g/mol. The normalized spacial score (nSPS) is 11.9. The third-order valence-corrected chi connectivity index (χ3v) is 6.12. The second-order valence-electron chi connectivity index (χ2n) is 6.25. The average molecular weight is 423 g/mol. The zero-order valence-corrected chi connectivity index (χ0v) is 16.8. The molecule has 1 aromatic heterocycles. The van der Waals surface area contributed by atoms with Crippen molar-refractivity contribution in [3.8, 4) is 0 Å². The van der Waals surface area contributed by atoms with Gasteiger partial charge in [-0.15, -0.1) is 0 Å². The van der Waals surface area contributed by atoms with Gasteiger partial charge in [0.25, 0.3) is 10.2 Å². The van der Waals surface area contributed by atoms with E-state index in [2.05, 4.69) is 9.82 Å². The molecule has 0 aliphatic carbocycles. The number of nitrogens with zero attached hydrogens (tertiary/aromatic N) is 3. The fourth-order valence-corrected chi connectivity index (χ4v) is 3.80. The van der Waals surface area contributed by atoms with Crippen molar-refractivity contribution in [3.63, 3.8) is 0 Å². The van der Waals surface area contributed by atoms with Crippen LogP contribution in [0, 0.1) is 5.82 Å². The summed E-state index contributed by atoms with van der Waals surface area (Å²) in [6, 6.07) is 13.6. The molecule has 0 unspecified atom stereocenters. The van der Waals surface area contributed by atoms with E-state index >= 15 is 0 Å². The summed E-state index contributed by atoms with van der Waals surface area (Å²) in [5, 5.41) is 4.36. The van der Waals surface area contributed by atoms with E-state index in [-0.39, 0.29) is 23.7 Å². The van der Waals surface area contributed by atoms with Crippen LogP contribution >= 0.6 is 11.6 Å². The Hall–Kier alpha value is -2.26. The predicted octanol–water partition coefficient (Wildman–Crippen LogP) is 3.19. The highest BCUT2D eigenvalue weighted by Crippen LogP contribution is 2.21. The molecule has 1 heterocycles. The van der Waals surface area contributed by atoms with Crippen LogP contribution in [0.4, 0.5) is 4.39 Å². The van der Waals surface area contributed by atoms with E-state index in [1.54, 1.807) is 10.9 Å². The molecule has 3 rings (SSSR count). The topological polar surface area (TPSA) is 67.2 Å². The zero-order chi connectivity index (χ0) is 20.1. The molecule has 0 saturated heterocycles. The van der Waals surface area contributed by atoms with E-state index in [9.17, 15) is 12.8 Å². The molecule has 1 N–H and O–H groups in total. The summed E-state index contributed by atoms with van der Waals surface area (Å²) in [4.78, 5) is 0. The Morgan fingerprint density at radius 1 is 1.14 bits per heavy atom. The van der Waals surface area contributed by atoms with E-state index in [1.807, 2.05) is 36.5 Å². The Balaban J connectivity index is 1.70.